The summed E-state index contributed by atoms with van der Waals surface area (Å²) in [4.78, 5) is 13.5. The molecule has 0 bridgehead atoms. The molecule has 1 atom stereocenters. The van der Waals surface area contributed by atoms with E-state index in [1.165, 1.54) is 4.88 Å². The van der Waals surface area contributed by atoms with E-state index in [1.807, 2.05) is 19.9 Å². The van der Waals surface area contributed by atoms with Gasteiger partial charge in [0.25, 0.3) is 0 Å². The van der Waals surface area contributed by atoms with Crippen molar-refractivity contribution < 1.29 is 4.79 Å². The summed E-state index contributed by atoms with van der Waals surface area (Å²) in [5.41, 5.74) is 0.920. The second-order valence-electron chi connectivity index (χ2n) is 2.85. The Bertz CT molecular complexity index is 321. The summed E-state index contributed by atoms with van der Waals surface area (Å²) in [5.74, 6) is -0.150. The van der Waals surface area contributed by atoms with Crippen LogP contribution in [0.2, 0.25) is 0 Å². The fourth-order valence-corrected chi connectivity index (χ4v) is 2.53. The fraction of sp³-hybridized carbons (Fsp3) is 0.444. The van der Waals surface area contributed by atoms with Gasteiger partial charge in [0.2, 0.25) is 5.91 Å². The molecule has 0 aliphatic carbocycles. The van der Waals surface area contributed by atoms with Gasteiger partial charge < -0.3 is 5.32 Å². The van der Waals surface area contributed by atoms with E-state index in [1.54, 1.807) is 18.4 Å². The maximum absolute atomic E-state index is 11.2. The summed E-state index contributed by atoms with van der Waals surface area (Å²) < 4.78 is 0. The molecule has 0 aliphatic rings. The first-order valence-corrected chi connectivity index (χ1v) is 5.24. The number of halogens is 1. The molecule has 13 heavy (non-hydrogen) atoms. The van der Waals surface area contributed by atoms with Crippen molar-refractivity contribution in [3.05, 3.63) is 21.4 Å². The highest BCUT2D eigenvalue weighted by Gasteiger charge is 2.19. The molecular formula is C9H12ClNOS. The lowest BCUT2D eigenvalue weighted by Gasteiger charge is -2.06. The molecule has 1 aromatic rings. The van der Waals surface area contributed by atoms with Crippen LogP contribution in [-0.4, -0.2) is 13.0 Å². The van der Waals surface area contributed by atoms with Crippen LogP contribution in [0.15, 0.2) is 6.07 Å². The molecular weight excluding hydrogens is 206 g/mol. The highest BCUT2D eigenvalue weighted by atomic mass is 35.5. The zero-order valence-electron chi connectivity index (χ0n) is 7.85. The molecule has 0 saturated heterocycles. The van der Waals surface area contributed by atoms with E-state index in [0.29, 0.717) is 0 Å². The molecule has 0 spiro atoms. The first kappa shape index (κ1) is 10.5. The lowest BCUT2D eigenvalue weighted by atomic mass is 10.1. The lowest BCUT2D eigenvalue weighted by Crippen LogP contribution is -2.22. The van der Waals surface area contributed by atoms with Gasteiger partial charge in [-0.25, -0.2) is 0 Å². The third-order valence-electron chi connectivity index (χ3n) is 1.83. The van der Waals surface area contributed by atoms with Gasteiger partial charge >= 0.3 is 0 Å². The summed E-state index contributed by atoms with van der Waals surface area (Å²) in [6.07, 6.45) is 0. The maximum atomic E-state index is 11.2. The van der Waals surface area contributed by atoms with E-state index >= 15 is 0 Å². The molecule has 1 heterocycles. The third-order valence-corrected chi connectivity index (χ3v) is 3.24. The number of carbonyl (C=O) groups excluding carboxylic acids is 1. The summed E-state index contributed by atoms with van der Waals surface area (Å²) in [5, 5.41) is 1.97. The normalized spacial score (nSPS) is 12.6. The summed E-state index contributed by atoms with van der Waals surface area (Å²) in [6, 6.07) is 1.97. The zero-order valence-corrected chi connectivity index (χ0v) is 9.42. The summed E-state index contributed by atoms with van der Waals surface area (Å²) in [6.45, 7) is 3.99. The first-order valence-electron chi connectivity index (χ1n) is 3.99. The quantitative estimate of drug-likeness (QED) is 0.758. The topological polar surface area (TPSA) is 29.1 Å². The Balaban J connectivity index is 2.94. The Kier molecular flexibility index (Phi) is 3.33. The smallest absolute Gasteiger partial charge is 0.242 e. The number of likely N-dealkylation sites (N-methyl/N-ethyl adjacent to an activating group) is 1. The number of amides is 1. The number of alkyl halides is 1. The Labute approximate surface area is 86.9 Å². The monoisotopic (exact) mass is 217 g/mol. The number of rotatable bonds is 2. The van der Waals surface area contributed by atoms with Crippen molar-refractivity contribution in [1.82, 2.24) is 5.32 Å². The number of hydrogen-bond donors (Lipinski definition) is 1. The largest absolute Gasteiger partial charge is 0.358 e. The van der Waals surface area contributed by atoms with Gasteiger partial charge in [0.15, 0.2) is 0 Å². The Morgan fingerprint density at radius 1 is 1.62 bits per heavy atom. The molecule has 1 amide bonds. The number of aryl methyl sites for hydroxylation is 2. The van der Waals surface area contributed by atoms with Crippen LogP contribution in [0.25, 0.3) is 0 Å². The Hall–Kier alpha value is -0.540. The van der Waals surface area contributed by atoms with Gasteiger partial charge in [-0.05, 0) is 25.5 Å². The van der Waals surface area contributed by atoms with Crippen LogP contribution in [0.4, 0.5) is 0 Å². The van der Waals surface area contributed by atoms with Crippen molar-refractivity contribution in [2.75, 3.05) is 7.05 Å². The molecule has 4 heteroatoms. The van der Waals surface area contributed by atoms with E-state index < -0.39 is 5.38 Å². The predicted molar refractivity (Wildman–Crippen MR) is 56.5 cm³/mol. The fourth-order valence-electron chi connectivity index (χ4n) is 1.17. The molecule has 2 nitrogen and oxygen atoms in total. The lowest BCUT2D eigenvalue weighted by molar-refractivity contribution is -0.120. The minimum Gasteiger partial charge on any atom is -0.358 e. The van der Waals surface area contributed by atoms with Crippen LogP contribution in [0.3, 0.4) is 0 Å². The molecule has 0 saturated carbocycles. The number of hydrogen-bond acceptors (Lipinski definition) is 2. The minimum absolute atomic E-state index is 0.150. The van der Waals surface area contributed by atoms with Crippen molar-refractivity contribution >= 4 is 28.8 Å². The van der Waals surface area contributed by atoms with Crippen LogP contribution in [0, 0.1) is 13.8 Å². The average molecular weight is 218 g/mol. The Morgan fingerprint density at radius 3 is 2.62 bits per heavy atom. The highest BCUT2D eigenvalue weighted by Crippen LogP contribution is 2.30. The van der Waals surface area contributed by atoms with Gasteiger partial charge in [0.1, 0.15) is 5.38 Å². The van der Waals surface area contributed by atoms with E-state index in [0.717, 1.165) is 10.4 Å². The second kappa shape index (κ2) is 4.11. The van der Waals surface area contributed by atoms with E-state index in [4.69, 9.17) is 11.6 Å². The molecule has 0 aromatic carbocycles. The Morgan fingerprint density at radius 2 is 2.23 bits per heavy atom. The van der Waals surface area contributed by atoms with E-state index in [2.05, 4.69) is 5.32 Å². The standard InChI is InChI=1S/C9H12ClNOS/c1-5-4-7(6(2)13-5)8(10)9(12)11-3/h4,8H,1-3H3,(H,11,12). The average Bonchev–Trinajstić information content (AvgIpc) is 2.42. The minimum atomic E-state index is -0.560. The van der Waals surface area contributed by atoms with Crippen LogP contribution < -0.4 is 5.32 Å². The van der Waals surface area contributed by atoms with E-state index in [-0.39, 0.29) is 5.91 Å². The highest BCUT2D eigenvalue weighted by molar-refractivity contribution is 7.12. The molecule has 1 aromatic heterocycles. The van der Waals surface area contributed by atoms with Gasteiger partial charge in [-0.1, -0.05) is 0 Å². The first-order chi connectivity index (χ1) is 6.06. The van der Waals surface area contributed by atoms with Crippen LogP contribution in [0.5, 0.6) is 0 Å². The van der Waals surface area contributed by atoms with Gasteiger partial charge in [0.05, 0.1) is 0 Å². The van der Waals surface area contributed by atoms with Gasteiger partial charge in [0, 0.05) is 16.8 Å². The van der Waals surface area contributed by atoms with Crippen molar-refractivity contribution in [1.29, 1.82) is 0 Å². The molecule has 72 valence electrons. The number of thiophene rings is 1. The summed E-state index contributed by atoms with van der Waals surface area (Å²) in [7, 11) is 1.59. The molecule has 0 aliphatic heterocycles. The zero-order chi connectivity index (χ0) is 10.0. The summed E-state index contributed by atoms with van der Waals surface area (Å²) >= 11 is 7.63. The van der Waals surface area contributed by atoms with Gasteiger partial charge in [-0.15, -0.1) is 22.9 Å². The van der Waals surface area contributed by atoms with Crippen molar-refractivity contribution in [2.24, 2.45) is 0 Å². The van der Waals surface area contributed by atoms with Gasteiger partial charge in [-0.2, -0.15) is 0 Å². The SMILES string of the molecule is CNC(=O)C(Cl)c1cc(C)sc1C. The van der Waals surface area contributed by atoms with Crippen LogP contribution in [0.1, 0.15) is 20.7 Å². The maximum Gasteiger partial charge on any atom is 0.242 e. The van der Waals surface area contributed by atoms with E-state index in [9.17, 15) is 4.79 Å². The number of carbonyl (C=O) groups is 1. The molecule has 1 rings (SSSR count). The molecule has 0 radical (unpaired) electrons. The van der Waals surface area contributed by atoms with Crippen molar-refractivity contribution in [2.45, 2.75) is 19.2 Å². The predicted octanol–water partition coefficient (Wildman–Crippen LogP) is 2.39. The molecule has 1 N–H and O–H groups in total. The molecule has 1 unspecified atom stereocenters. The molecule has 0 fully saturated rings. The van der Waals surface area contributed by atoms with Gasteiger partial charge in [-0.3, -0.25) is 4.79 Å². The number of nitrogens with one attached hydrogen (secondary N) is 1. The van der Waals surface area contributed by atoms with Crippen LogP contribution >= 0.6 is 22.9 Å². The second-order valence-corrected chi connectivity index (χ2v) is 4.74. The third kappa shape index (κ3) is 2.23. The van der Waals surface area contributed by atoms with Crippen LogP contribution in [-0.2, 0) is 4.79 Å². The van der Waals surface area contributed by atoms with Crippen molar-refractivity contribution in [3.63, 3.8) is 0 Å². The van der Waals surface area contributed by atoms with Crippen molar-refractivity contribution in [3.8, 4) is 0 Å².